The Balaban J connectivity index is 1.93. The summed E-state index contributed by atoms with van der Waals surface area (Å²) in [5.41, 5.74) is 4.44. The first-order valence-electron chi connectivity index (χ1n) is 6.39. The Morgan fingerprint density at radius 3 is 2.94 bits per heavy atom. The van der Waals surface area contributed by atoms with Gasteiger partial charge < -0.3 is 4.57 Å². The van der Waals surface area contributed by atoms with Crippen LogP contribution in [0.4, 0.5) is 0 Å². The van der Waals surface area contributed by atoms with Gasteiger partial charge >= 0.3 is 0 Å². The smallest absolute Gasteiger partial charge is 0.0995 e. The summed E-state index contributed by atoms with van der Waals surface area (Å²) in [6.45, 7) is 0.756. The molecule has 3 nitrogen and oxygen atoms in total. The summed E-state index contributed by atoms with van der Waals surface area (Å²) < 4.78 is 2.20. The molecule has 1 aliphatic carbocycles. The molecule has 3 heteroatoms. The second kappa shape index (κ2) is 4.66. The highest BCUT2D eigenvalue weighted by atomic mass is 15.1. The van der Waals surface area contributed by atoms with Crippen LogP contribution in [0.1, 0.15) is 35.4 Å². The highest BCUT2D eigenvalue weighted by Crippen LogP contribution is 2.21. The van der Waals surface area contributed by atoms with Crippen LogP contribution in [0.3, 0.4) is 0 Å². The second-order valence-electron chi connectivity index (χ2n) is 4.74. The van der Waals surface area contributed by atoms with Crippen LogP contribution in [-0.4, -0.2) is 9.55 Å². The Labute approximate surface area is 107 Å². The van der Waals surface area contributed by atoms with Gasteiger partial charge in [-0.05, 0) is 37.3 Å². The molecule has 0 saturated carbocycles. The molecular formula is C15H15N3. The zero-order valence-electron chi connectivity index (χ0n) is 10.3. The van der Waals surface area contributed by atoms with E-state index in [1.807, 2.05) is 30.6 Å². The molecule has 0 aliphatic heterocycles. The predicted molar refractivity (Wildman–Crippen MR) is 69.1 cm³/mol. The summed E-state index contributed by atoms with van der Waals surface area (Å²) in [6.07, 6.45) is 6.63. The fourth-order valence-electron chi connectivity index (χ4n) is 2.62. The van der Waals surface area contributed by atoms with E-state index in [1.54, 1.807) is 0 Å². The summed E-state index contributed by atoms with van der Waals surface area (Å²) >= 11 is 0. The number of rotatable bonds is 2. The zero-order valence-corrected chi connectivity index (χ0v) is 10.3. The van der Waals surface area contributed by atoms with Gasteiger partial charge in [0.25, 0.3) is 0 Å². The van der Waals surface area contributed by atoms with Crippen LogP contribution in [0.15, 0.2) is 30.6 Å². The standard InChI is InChI=1S/C15H15N3/c16-9-12-5-1-2-6-13(12)10-18-11-17-14-7-3-4-8-15(14)18/h1-2,5-6,11H,3-4,7-8,10H2. The van der Waals surface area contributed by atoms with Gasteiger partial charge in [-0.1, -0.05) is 18.2 Å². The fraction of sp³-hybridized carbons (Fsp3) is 0.333. The number of aromatic nitrogens is 2. The Hall–Kier alpha value is -2.08. The molecule has 0 radical (unpaired) electrons. The van der Waals surface area contributed by atoms with Crippen molar-refractivity contribution >= 4 is 0 Å². The number of imidazole rings is 1. The van der Waals surface area contributed by atoms with Crippen molar-refractivity contribution in [2.45, 2.75) is 32.2 Å². The molecule has 0 amide bonds. The number of aryl methyl sites for hydroxylation is 1. The maximum absolute atomic E-state index is 9.11. The lowest BCUT2D eigenvalue weighted by Crippen LogP contribution is -2.09. The van der Waals surface area contributed by atoms with Crippen LogP contribution >= 0.6 is 0 Å². The lowest BCUT2D eigenvalue weighted by atomic mass is 10.0. The maximum Gasteiger partial charge on any atom is 0.0995 e. The second-order valence-corrected chi connectivity index (χ2v) is 4.74. The SMILES string of the molecule is N#Cc1ccccc1Cn1cnc2c1CCCC2. The van der Waals surface area contributed by atoms with E-state index in [1.165, 1.54) is 24.2 Å². The number of nitriles is 1. The van der Waals surface area contributed by atoms with E-state index >= 15 is 0 Å². The molecule has 0 spiro atoms. The molecule has 1 heterocycles. The van der Waals surface area contributed by atoms with Gasteiger partial charge in [-0.2, -0.15) is 5.26 Å². The largest absolute Gasteiger partial charge is 0.330 e. The lowest BCUT2D eigenvalue weighted by Gasteiger charge is -2.14. The van der Waals surface area contributed by atoms with Crippen molar-refractivity contribution < 1.29 is 0 Å². The molecule has 3 rings (SSSR count). The molecule has 0 atom stereocenters. The summed E-state index contributed by atoms with van der Waals surface area (Å²) in [6, 6.07) is 10.0. The number of nitrogens with zero attached hydrogens (tertiary/aromatic N) is 3. The van der Waals surface area contributed by atoms with E-state index in [2.05, 4.69) is 15.6 Å². The Morgan fingerprint density at radius 1 is 1.22 bits per heavy atom. The molecule has 0 bridgehead atoms. The fourth-order valence-corrected chi connectivity index (χ4v) is 2.62. The molecular weight excluding hydrogens is 222 g/mol. The number of fused-ring (bicyclic) bond motifs is 1. The lowest BCUT2D eigenvalue weighted by molar-refractivity contribution is 0.628. The third-order valence-corrected chi connectivity index (χ3v) is 3.59. The molecule has 1 aromatic heterocycles. The van der Waals surface area contributed by atoms with E-state index in [0.29, 0.717) is 0 Å². The summed E-state index contributed by atoms with van der Waals surface area (Å²) in [7, 11) is 0. The van der Waals surface area contributed by atoms with Gasteiger partial charge in [0.1, 0.15) is 0 Å². The topological polar surface area (TPSA) is 41.6 Å². The third kappa shape index (κ3) is 1.91. The third-order valence-electron chi connectivity index (χ3n) is 3.59. The van der Waals surface area contributed by atoms with Crippen molar-refractivity contribution in [1.29, 1.82) is 5.26 Å². The van der Waals surface area contributed by atoms with Crippen molar-refractivity contribution in [1.82, 2.24) is 9.55 Å². The molecule has 2 aromatic rings. The normalized spacial score (nSPS) is 13.9. The van der Waals surface area contributed by atoms with Crippen LogP contribution in [0.25, 0.3) is 0 Å². The van der Waals surface area contributed by atoms with Gasteiger partial charge in [-0.15, -0.1) is 0 Å². The molecule has 0 N–H and O–H groups in total. The zero-order chi connectivity index (χ0) is 12.4. The van der Waals surface area contributed by atoms with Crippen molar-refractivity contribution in [2.24, 2.45) is 0 Å². The molecule has 18 heavy (non-hydrogen) atoms. The average Bonchev–Trinajstić information content (AvgIpc) is 2.83. The van der Waals surface area contributed by atoms with E-state index in [4.69, 9.17) is 5.26 Å². The van der Waals surface area contributed by atoms with Gasteiger partial charge in [0.15, 0.2) is 0 Å². The summed E-state index contributed by atoms with van der Waals surface area (Å²) in [5, 5.41) is 9.11. The maximum atomic E-state index is 9.11. The molecule has 0 unspecified atom stereocenters. The quantitative estimate of drug-likeness (QED) is 0.805. The first kappa shape index (κ1) is 11.0. The molecule has 1 aliphatic rings. The van der Waals surface area contributed by atoms with Crippen LogP contribution in [-0.2, 0) is 19.4 Å². The predicted octanol–water partition coefficient (Wildman–Crippen LogP) is 2.68. The number of hydrogen-bond acceptors (Lipinski definition) is 2. The minimum absolute atomic E-state index is 0.756. The van der Waals surface area contributed by atoms with Crippen molar-refractivity contribution in [3.8, 4) is 6.07 Å². The highest BCUT2D eigenvalue weighted by Gasteiger charge is 2.15. The Morgan fingerprint density at radius 2 is 2.06 bits per heavy atom. The van der Waals surface area contributed by atoms with E-state index < -0.39 is 0 Å². The van der Waals surface area contributed by atoms with Crippen LogP contribution < -0.4 is 0 Å². The average molecular weight is 237 g/mol. The molecule has 1 aromatic carbocycles. The van der Waals surface area contributed by atoms with Gasteiger partial charge in [0.2, 0.25) is 0 Å². The number of benzene rings is 1. The van der Waals surface area contributed by atoms with Gasteiger partial charge in [-0.25, -0.2) is 4.98 Å². The molecule has 0 fully saturated rings. The van der Waals surface area contributed by atoms with Crippen molar-refractivity contribution in [2.75, 3.05) is 0 Å². The molecule has 90 valence electrons. The van der Waals surface area contributed by atoms with Gasteiger partial charge in [-0.3, -0.25) is 0 Å². The number of hydrogen-bond donors (Lipinski definition) is 0. The van der Waals surface area contributed by atoms with E-state index in [-0.39, 0.29) is 0 Å². The Bertz CT molecular complexity index is 604. The Kier molecular flexibility index (Phi) is 2.85. The minimum Gasteiger partial charge on any atom is -0.330 e. The minimum atomic E-state index is 0.756. The molecule has 0 saturated heterocycles. The van der Waals surface area contributed by atoms with Crippen LogP contribution in [0.5, 0.6) is 0 Å². The van der Waals surface area contributed by atoms with Gasteiger partial charge in [0.05, 0.1) is 30.2 Å². The first-order chi connectivity index (χ1) is 8.88. The van der Waals surface area contributed by atoms with Crippen molar-refractivity contribution in [3.05, 3.63) is 53.1 Å². The van der Waals surface area contributed by atoms with E-state index in [0.717, 1.165) is 30.5 Å². The van der Waals surface area contributed by atoms with Gasteiger partial charge in [0, 0.05) is 5.69 Å². The van der Waals surface area contributed by atoms with Crippen molar-refractivity contribution in [3.63, 3.8) is 0 Å². The van der Waals surface area contributed by atoms with Crippen LogP contribution in [0, 0.1) is 11.3 Å². The first-order valence-corrected chi connectivity index (χ1v) is 6.39. The monoisotopic (exact) mass is 237 g/mol. The van der Waals surface area contributed by atoms with E-state index in [9.17, 15) is 0 Å². The highest BCUT2D eigenvalue weighted by molar-refractivity contribution is 5.37. The summed E-state index contributed by atoms with van der Waals surface area (Å²) in [4.78, 5) is 4.49. The summed E-state index contributed by atoms with van der Waals surface area (Å²) in [5.74, 6) is 0. The van der Waals surface area contributed by atoms with Crippen LogP contribution in [0.2, 0.25) is 0 Å².